The molecule has 12 heteroatoms. The minimum atomic E-state index is -0.115. The molecule has 1 aromatic carbocycles. The number of nitrogens with one attached hydrogen (secondary N) is 3. The van der Waals surface area contributed by atoms with Crippen molar-refractivity contribution >= 4 is 34.8 Å². The molecule has 2 aromatic heterocycles. The maximum absolute atomic E-state index is 12.8. The monoisotopic (exact) mass is 558 g/mol. The number of anilines is 1. The molecule has 0 saturated carbocycles. The van der Waals surface area contributed by atoms with Crippen LogP contribution in [0.2, 0.25) is 0 Å². The number of amides is 1. The Balaban J connectivity index is 1.08. The lowest BCUT2D eigenvalue weighted by Crippen LogP contribution is -2.44. The summed E-state index contributed by atoms with van der Waals surface area (Å²) >= 11 is 1.45. The predicted molar refractivity (Wildman–Crippen MR) is 157 cm³/mol. The van der Waals surface area contributed by atoms with Crippen LogP contribution in [0, 0.1) is 0 Å². The quantitative estimate of drug-likeness (QED) is 0.389. The average Bonchev–Trinajstić information content (AvgIpc) is 3.69. The van der Waals surface area contributed by atoms with Crippen LogP contribution in [0.3, 0.4) is 0 Å². The van der Waals surface area contributed by atoms with Crippen LogP contribution in [-0.2, 0) is 24.4 Å². The molecule has 1 fully saturated rings. The summed E-state index contributed by atoms with van der Waals surface area (Å²) in [6, 6.07) is 10.1. The van der Waals surface area contributed by atoms with E-state index >= 15 is 0 Å². The second kappa shape index (κ2) is 11.7. The Morgan fingerprint density at radius 1 is 1.20 bits per heavy atom. The van der Waals surface area contributed by atoms with Crippen molar-refractivity contribution in [2.24, 2.45) is 9.98 Å². The number of amidine groups is 2. The van der Waals surface area contributed by atoms with Crippen LogP contribution in [0.1, 0.15) is 35.9 Å². The van der Waals surface area contributed by atoms with Gasteiger partial charge in [0.15, 0.2) is 11.7 Å². The topological polar surface area (TPSA) is 115 Å². The second-order valence-electron chi connectivity index (χ2n) is 10.4. The van der Waals surface area contributed by atoms with Gasteiger partial charge in [0, 0.05) is 73.1 Å². The first-order valence-corrected chi connectivity index (χ1v) is 14.4. The zero-order valence-corrected chi connectivity index (χ0v) is 23.6. The Bertz CT molecular complexity index is 1420. The van der Waals surface area contributed by atoms with Crippen molar-refractivity contribution in [1.82, 2.24) is 34.6 Å². The third-order valence-corrected chi connectivity index (χ3v) is 7.95. The van der Waals surface area contributed by atoms with Crippen LogP contribution >= 0.6 is 11.5 Å². The summed E-state index contributed by atoms with van der Waals surface area (Å²) in [5.74, 6) is 1.46. The van der Waals surface area contributed by atoms with E-state index in [1.807, 2.05) is 37.5 Å². The van der Waals surface area contributed by atoms with Gasteiger partial charge in [0.25, 0.3) is 0 Å². The molecule has 1 amide bonds. The third kappa shape index (κ3) is 5.98. The molecule has 40 heavy (non-hydrogen) atoms. The van der Waals surface area contributed by atoms with Crippen LogP contribution in [0.5, 0.6) is 0 Å². The number of carbonyl (C=O) groups is 1. The summed E-state index contributed by atoms with van der Waals surface area (Å²) in [7, 11) is 0. The number of benzene rings is 1. The highest BCUT2D eigenvalue weighted by Gasteiger charge is 2.38. The maximum Gasteiger partial charge on any atom is 0.246 e. The molecule has 208 valence electrons. The first-order valence-electron chi connectivity index (χ1n) is 13.6. The van der Waals surface area contributed by atoms with Crippen molar-refractivity contribution in [2.45, 2.75) is 45.6 Å². The highest BCUT2D eigenvalue weighted by atomic mass is 32.1. The van der Waals surface area contributed by atoms with Crippen LogP contribution in [-0.4, -0.2) is 73.8 Å². The van der Waals surface area contributed by atoms with E-state index < -0.39 is 0 Å². The van der Waals surface area contributed by atoms with Crippen LogP contribution in [0.25, 0.3) is 0 Å². The molecule has 2 atom stereocenters. The van der Waals surface area contributed by atoms with Crippen molar-refractivity contribution in [1.29, 1.82) is 0 Å². The minimum Gasteiger partial charge on any atom is -0.340 e. The molecule has 2 unspecified atom stereocenters. The van der Waals surface area contributed by atoms with Gasteiger partial charge in [-0.05, 0) is 49.1 Å². The number of aromatic nitrogens is 3. The fourth-order valence-corrected chi connectivity index (χ4v) is 5.82. The normalized spacial score (nSPS) is 22.1. The van der Waals surface area contributed by atoms with Gasteiger partial charge in [0.05, 0.1) is 24.8 Å². The van der Waals surface area contributed by atoms with Crippen LogP contribution in [0.4, 0.5) is 5.69 Å². The molecular formula is C28H34N10OS. The van der Waals surface area contributed by atoms with Gasteiger partial charge in [-0.15, -0.1) is 0 Å². The lowest BCUT2D eigenvalue weighted by atomic mass is 10.0. The fourth-order valence-electron chi connectivity index (χ4n) is 5.32. The summed E-state index contributed by atoms with van der Waals surface area (Å²) < 4.78 is 5.85. The van der Waals surface area contributed by atoms with Crippen molar-refractivity contribution in [2.75, 3.05) is 31.5 Å². The van der Waals surface area contributed by atoms with Gasteiger partial charge in [-0.3, -0.25) is 24.4 Å². The smallest absolute Gasteiger partial charge is 0.246 e. The number of nitrogens with zero attached hydrogens (tertiary/aromatic N) is 7. The maximum atomic E-state index is 12.8. The predicted octanol–water partition coefficient (Wildman–Crippen LogP) is 2.59. The van der Waals surface area contributed by atoms with Gasteiger partial charge >= 0.3 is 0 Å². The number of hydrogen-bond acceptors (Lipinski definition) is 9. The molecule has 0 radical (unpaired) electrons. The Morgan fingerprint density at radius 3 is 2.80 bits per heavy atom. The van der Waals surface area contributed by atoms with E-state index in [2.05, 4.69) is 60.5 Å². The molecule has 0 spiro atoms. The van der Waals surface area contributed by atoms with Gasteiger partial charge in [0.1, 0.15) is 6.54 Å². The Labute approximate surface area is 237 Å². The van der Waals surface area contributed by atoms with Crippen molar-refractivity contribution in [3.8, 4) is 0 Å². The average molecular weight is 559 g/mol. The Morgan fingerprint density at radius 2 is 2.02 bits per heavy atom. The Kier molecular flexibility index (Phi) is 7.71. The number of piperazine rings is 1. The Hall–Kier alpha value is -3.87. The fraction of sp³-hybridized carbons (Fsp3) is 0.393. The number of fused-ring (bicyclic) bond motifs is 1. The third-order valence-electron chi connectivity index (χ3n) is 7.23. The van der Waals surface area contributed by atoms with Gasteiger partial charge in [-0.25, -0.2) is 4.37 Å². The molecule has 3 aliphatic heterocycles. The SMILES string of the molecule is CC1=CN2C(=NC(C)C2c2cnn(CC(=O)Nc3ccc(CN4CCNCC4)cc3)c2)C(=NCc2ccns2)N1. The number of aliphatic imine (C=N–C) groups is 2. The second-order valence-corrected chi connectivity index (χ2v) is 11.3. The molecular weight excluding hydrogens is 524 g/mol. The number of allylic oxidation sites excluding steroid dienone is 1. The summed E-state index contributed by atoms with van der Waals surface area (Å²) in [4.78, 5) is 28.2. The van der Waals surface area contributed by atoms with Gasteiger partial charge in [-0.2, -0.15) is 5.10 Å². The number of carbonyl (C=O) groups excluding carboxylic acids is 1. The van der Waals surface area contributed by atoms with Crippen LogP contribution in [0.15, 0.2) is 70.8 Å². The molecule has 1 saturated heterocycles. The van der Waals surface area contributed by atoms with Crippen LogP contribution < -0.4 is 16.0 Å². The molecule has 3 aliphatic rings. The molecule has 11 nitrogen and oxygen atoms in total. The van der Waals surface area contributed by atoms with E-state index in [0.717, 1.165) is 66.2 Å². The first kappa shape index (κ1) is 26.4. The lowest BCUT2D eigenvalue weighted by molar-refractivity contribution is -0.116. The molecule has 3 aromatic rings. The standard InChI is InChI=1S/C28H34N10OS/c1-19-15-38-26(20(2)34-28(38)27(33-19)30-14-24-7-8-32-40-24)22-13-31-37(17-22)18-25(39)35-23-5-3-21(4-6-23)16-36-11-9-29-10-12-36/h3-8,13,15,17,20,26,29H,9-12,14,16,18H2,1-2H3,(H,30,33)(H,35,39). The van der Waals surface area contributed by atoms with E-state index in [0.29, 0.717) is 6.54 Å². The molecule has 0 bridgehead atoms. The summed E-state index contributed by atoms with van der Waals surface area (Å²) in [6.45, 7) is 9.92. The first-order chi connectivity index (χ1) is 19.5. The van der Waals surface area contributed by atoms with E-state index in [1.165, 1.54) is 17.1 Å². The van der Waals surface area contributed by atoms with Gasteiger partial charge in [-0.1, -0.05) is 12.1 Å². The molecule has 6 rings (SSSR count). The summed E-state index contributed by atoms with van der Waals surface area (Å²) in [5.41, 5.74) is 4.03. The van der Waals surface area contributed by atoms with Crippen molar-refractivity contribution < 1.29 is 4.79 Å². The largest absolute Gasteiger partial charge is 0.340 e. The highest BCUT2D eigenvalue weighted by molar-refractivity contribution is 7.05. The zero-order chi connectivity index (χ0) is 27.5. The van der Waals surface area contributed by atoms with Crippen molar-refractivity contribution in [3.05, 3.63) is 76.8 Å². The molecule has 5 heterocycles. The van der Waals surface area contributed by atoms with Gasteiger partial charge < -0.3 is 20.9 Å². The number of hydrogen-bond donors (Lipinski definition) is 3. The summed E-state index contributed by atoms with van der Waals surface area (Å²) in [5, 5.41) is 14.2. The van der Waals surface area contributed by atoms with Gasteiger partial charge in [0.2, 0.25) is 5.91 Å². The van der Waals surface area contributed by atoms with E-state index in [-0.39, 0.29) is 24.5 Å². The summed E-state index contributed by atoms with van der Waals surface area (Å²) in [6.07, 6.45) is 7.63. The van der Waals surface area contributed by atoms with E-state index in [4.69, 9.17) is 9.98 Å². The highest BCUT2D eigenvalue weighted by Crippen LogP contribution is 2.34. The zero-order valence-electron chi connectivity index (χ0n) is 22.7. The lowest BCUT2D eigenvalue weighted by Gasteiger charge is -2.30. The number of rotatable bonds is 8. The van der Waals surface area contributed by atoms with E-state index in [9.17, 15) is 4.79 Å². The van der Waals surface area contributed by atoms with Crippen molar-refractivity contribution in [3.63, 3.8) is 0 Å². The van der Waals surface area contributed by atoms with E-state index in [1.54, 1.807) is 10.9 Å². The molecule has 0 aliphatic carbocycles. The minimum absolute atomic E-state index is 0.00116. The molecule has 3 N–H and O–H groups in total.